The first-order valence-electron chi connectivity index (χ1n) is 3.85. The molecule has 0 spiro atoms. The molecule has 1 aromatic carbocycles. The largest absolute Gasteiger partial charge is 0.205 e. The summed E-state index contributed by atoms with van der Waals surface area (Å²) in [7, 11) is 0. The van der Waals surface area contributed by atoms with Crippen LogP contribution in [0.4, 0.5) is 4.39 Å². The van der Waals surface area contributed by atoms with E-state index >= 15 is 0 Å². The second-order valence-electron chi connectivity index (χ2n) is 2.48. The topological polar surface area (TPSA) is 0 Å². The lowest BCUT2D eigenvalue weighted by atomic mass is 10.2. The third kappa shape index (κ3) is 2.35. The maximum Gasteiger partial charge on any atom is 0.142 e. The van der Waals surface area contributed by atoms with Gasteiger partial charge in [0.25, 0.3) is 0 Å². The molecule has 2 heteroatoms. The van der Waals surface area contributed by atoms with Crippen LogP contribution in [0.2, 0.25) is 5.02 Å². The van der Waals surface area contributed by atoms with Gasteiger partial charge >= 0.3 is 0 Å². The Morgan fingerprint density at radius 3 is 2.83 bits per heavy atom. The number of halogens is 2. The molecule has 64 valence electrons. The van der Waals surface area contributed by atoms with Crippen LogP contribution >= 0.6 is 11.6 Å². The van der Waals surface area contributed by atoms with Crippen molar-refractivity contribution in [1.82, 2.24) is 0 Å². The van der Waals surface area contributed by atoms with Gasteiger partial charge in [-0.2, -0.15) is 0 Å². The number of allylic oxidation sites excluding steroid dienone is 1. The quantitative estimate of drug-likeness (QED) is 0.654. The normalized spacial score (nSPS) is 10.9. The van der Waals surface area contributed by atoms with Gasteiger partial charge in [0.2, 0.25) is 0 Å². The van der Waals surface area contributed by atoms with Crippen LogP contribution in [-0.2, 0) is 0 Å². The molecule has 1 aromatic rings. The summed E-state index contributed by atoms with van der Waals surface area (Å²) in [6.45, 7) is 2.03. The van der Waals surface area contributed by atoms with Gasteiger partial charge in [0.15, 0.2) is 0 Å². The Balaban J connectivity index is 2.89. The van der Waals surface area contributed by atoms with E-state index in [0.717, 1.165) is 12.0 Å². The highest BCUT2D eigenvalue weighted by Crippen LogP contribution is 2.16. The van der Waals surface area contributed by atoms with Crippen LogP contribution in [0, 0.1) is 5.82 Å². The molecule has 0 aliphatic rings. The summed E-state index contributed by atoms with van der Waals surface area (Å²) in [6, 6.07) is 4.78. The van der Waals surface area contributed by atoms with Gasteiger partial charge in [-0.25, -0.2) is 4.39 Å². The van der Waals surface area contributed by atoms with E-state index in [9.17, 15) is 4.39 Å². The second kappa shape index (κ2) is 4.27. The highest BCUT2D eigenvalue weighted by Gasteiger charge is 1.97. The van der Waals surface area contributed by atoms with E-state index in [0.29, 0.717) is 0 Å². The van der Waals surface area contributed by atoms with Crippen LogP contribution in [0.5, 0.6) is 0 Å². The second-order valence-corrected chi connectivity index (χ2v) is 2.89. The molecule has 0 atom stereocenters. The minimum Gasteiger partial charge on any atom is -0.205 e. The molecule has 0 bridgehead atoms. The molecular formula is C10H10ClF. The monoisotopic (exact) mass is 184 g/mol. The van der Waals surface area contributed by atoms with Gasteiger partial charge in [-0.1, -0.05) is 36.7 Å². The Bertz CT molecular complexity index is 292. The van der Waals surface area contributed by atoms with Gasteiger partial charge < -0.3 is 0 Å². The van der Waals surface area contributed by atoms with Gasteiger partial charge in [-0.05, 0) is 24.1 Å². The van der Waals surface area contributed by atoms with Gasteiger partial charge in [-0.3, -0.25) is 0 Å². The van der Waals surface area contributed by atoms with Crippen molar-refractivity contribution in [1.29, 1.82) is 0 Å². The molecule has 0 heterocycles. The Morgan fingerprint density at radius 2 is 2.25 bits per heavy atom. The number of hydrogen-bond donors (Lipinski definition) is 0. The van der Waals surface area contributed by atoms with Gasteiger partial charge in [0, 0.05) is 0 Å². The standard InChI is InChI=1S/C10H10ClF/c1-2-3-4-8-5-6-9(11)10(12)7-8/h3-7H,2H2,1H3/b4-3+. The van der Waals surface area contributed by atoms with Crippen molar-refractivity contribution in [2.24, 2.45) is 0 Å². The summed E-state index contributed by atoms with van der Waals surface area (Å²) < 4.78 is 12.8. The molecule has 1 rings (SSSR count). The number of benzene rings is 1. The predicted molar refractivity (Wildman–Crippen MR) is 50.7 cm³/mol. The lowest BCUT2D eigenvalue weighted by molar-refractivity contribution is 0.628. The number of hydrogen-bond acceptors (Lipinski definition) is 0. The molecule has 0 N–H and O–H groups in total. The average molecular weight is 185 g/mol. The van der Waals surface area contributed by atoms with Crippen LogP contribution in [0.3, 0.4) is 0 Å². The molecule has 0 nitrogen and oxygen atoms in total. The van der Waals surface area contributed by atoms with E-state index in [-0.39, 0.29) is 10.8 Å². The summed E-state index contributed by atoms with van der Waals surface area (Å²) in [5.41, 5.74) is 0.846. The molecule has 12 heavy (non-hydrogen) atoms. The van der Waals surface area contributed by atoms with Crippen molar-refractivity contribution in [2.45, 2.75) is 13.3 Å². The Morgan fingerprint density at radius 1 is 1.50 bits per heavy atom. The third-order valence-electron chi connectivity index (χ3n) is 1.49. The first-order valence-corrected chi connectivity index (χ1v) is 4.23. The van der Waals surface area contributed by atoms with Crippen molar-refractivity contribution in [2.75, 3.05) is 0 Å². The smallest absolute Gasteiger partial charge is 0.142 e. The fourth-order valence-corrected chi connectivity index (χ4v) is 0.988. The maximum atomic E-state index is 12.8. The average Bonchev–Trinajstić information content (AvgIpc) is 2.07. The van der Waals surface area contributed by atoms with Crippen molar-refractivity contribution >= 4 is 17.7 Å². The lowest BCUT2D eigenvalue weighted by Gasteiger charge is -1.95. The fraction of sp³-hybridized carbons (Fsp3) is 0.200. The van der Waals surface area contributed by atoms with Gasteiger partial charge in [0.05, 0.1) is 5.02 Å². The molecule has 0 saturated carbocycles. The third-order valence-corrected chi connectivity index (χ3v) is 1.80. The summed E-state index contributed by atoms with van der Waals surface area (Å²) in [4.78, 5) is 0. The lowest BCUT2D eigenvalue weighted by Crippen LogP contribution is -1.78. The molecule has 0 aliphatic carbocycles. The molecule has 0 aliphatic heterocycles. The Hall–Kier alpha value is -0.820. The van der Waals surface area contributed by atoms with E-state index in [1.54, 1.807) is 12.1 Å². The maximum absolute atomic E-state index is 12.8. The van der Waals surface area contributed by atoms with Crippen LogP contribution in [0.25, 0.3) is 6.08 Å². The minimum absolute atomic E-state index is 0.170. The first-order chi connectivity index (χ1) is 5.74. The van der Waals surface area contributed by atoms with E-state index in [1.165, 1.54) is 6.07 Å². The zero-order valence-corrected chi connectivity index (χ0v) is 7.61. The van der Waals surface area contributed by atoms with E-state index in [1.807, 2.05) is 19.1 Å². The Labute approximate surface area is 76.7 Å². The van der Waals surface area contributed by atoms with Crippen molar-refractivity contribution in [3.63, 3.8) is 0 Å². The molecule has 0 amide bonds. The highest BCUT2D eigenvalue weighted by atomic mass is 35.5. The first kappa shape index (κ1) is 9.27. The van der Waals surface area contributed by atoms with Crippen molar-refractivity contribution in [3.8, 4) is 0 Å². The van der Waals surface area contributed by atoms with Crippen LogP contribution in [-0.4, -0.2) is 0 Å². The minimum atomic E-state index is -0.366. The zero-order valence-electron chi connectivity index (χ0n) is 6.85. The Kier molecular flexibility index (Phi) is 3.30. The molecule has 0 fully saturated rings. The molecular weight excluding hydrogens is 175 g/mol. The van der Waals surface area contributed by atoms with Gasteiger partial charge in [-0.15, -0.1) is 0 Å². The van der Waals surface area contributed by atoms with E-state index < -0.39 is 0 Å². The molecule has 0 aromatic heterocycles. The zero-order chi connectivity index (χ0) is 8.97. The fourth-order valence-electron chi connectivity index (χ4n) is 0.870. The summed E-state index contributed by atoms with van der Waals surface area (Å²) >= 11 is 5.52. The van der Waals surface area contributed by atoms with Crippen LogP contribution < -0.4 is 0 Å². The summed E-state index contributed by atoms with van der Waals surface area (Å²) in [5, 5.41) is 0.170. The van der Waals surface area contributed by atoms with Crippen LogP contribution in [0.1, 0.15) is 18.9 Å². The SMILES string of the molecule is CC/C=C/c1ccc(Cl)c(F)c1. The molecule has 0 radical (unpaired) electrons. The molecule has 0 saturated heterocycles. The van der Waals surface area contributed by atoms with E-state index in [2.05, 4.69) is 0 Å². The predicted octanol–water partition coefficient (Wildman–Crippen LogP) is 3.90. The molecule has 0 unspecified atom stereocenters. The van der Waals surface area contributed by atoms with Gasteiger partial charge in [0.1, 0.15) is 5.82 Å². The number of rotatable bonds is 2. The van der Waals surface area contributed by atoms with Crippen molar-refractivity contribution < 1.29 is 4.39 Å². The summed E-state index contributed by atoms with van der Waals surface area (Å²) in [5.74, 6) is -0.366. The van der Waals surface area contributed by atoms with Crippen LogP contribution in [0.15, 0.2) is 24.3 Å². The van der Waals surface area contributed by atoms with E-state index in [4.69, 9.17) is 11.6 Å². The summed E-state index contributed by atoms with van der Waals surface area (Å²) in [6.07, 6.45) is 4.80. The van der Waals surface area contributed by atoms with Crippen molar-refractivity contribution in [3.05, 3.63) is 40.7 Å². The highest BCUT2D eigenvalue weighted by molar-refractivity contribution is 6.30.